The van der Waals surface area contributed by atoms with Gasteiger partial charge in [-0.3, -0.25) is 0 Å². The average Bonchev–Trinajstić information content (AvgIpc) is 2.38. The molecule has 0 saturated heterocycles. The molecule has 98 valence electrons. The quantitative estimate of drug-likeness (QED) is 0.510. The number of fused-ring (bicyclic) bond motifs is 2. The molecular formula is C14H7CuO3S. The fourth-order valence-electron chi connectivity index (χ4n) is 1.98. The SMILES string of the molecule is O=[C]([Cu])Oc1cccc2sc3ccccc3c(=O)c12. The third-order valence-corrected chi connectivity index (χ3v) is 3.98. The molecule has 0 aliphatic carbocycles. The Hall–Kier alpha value is -1.68. The molecule has 5 heteroatoms. The minimum absolute atomic E-state index is 0.145. The fraction of sp³-hybridized carbons (Fsp3) is 0. The van der Waals surface area contributed by atoms with Crippen molar-refractivity contribution in [2.45, 2.75) is 0 Å². The molecule has 19 heavy (non-hydrogen) atoms. The second kappa shape index (κ2) is 4.78. The number of hydrogen-bond donors (Lipinski definition) is 0. The summed E-state index contributed by atoms with van der Waals surface area (Å²) in [5.41, 5.74) is -0.145. The van der Waals surface area contributed by atoms with Crippen molar-refractivity contribution in [3.05, 3.63) is 52.7 Å². The molecule has 0 atom stereocenters. The summed E-state index contributed by atoms with van der Waals surface area (Å²) in [5, 5.41) is 1.02. The Morgan fingerprint density at radius 1 is 1.05 bits per heavy atom. The predicted molar refractivity (Wildman–Crippen MR) is 71.6 cm³/mol. The van der Waals surface area contributed by atoms with Crippen molar-refractivity contribution in [3.63, 3.8) is 0 Å². The van der Waals surface area contributed by atoms with Crippen LogP contribution in [-0.2, 0) is 16.0 Å². The molecule has 1 aromatic heterocycles. The van der Waals surface area contributed by atoms with E-state index in [4.69, 9.17) is 4.74 Å². The Kier molecular flexibility index (Phi) is 3.11. The van der Waals surface area contributed by atoms with Crippen LogP contribution in [-0.4, -0.2) is 4.87 Å². The van der Waals surface area contributed by atoms with Crippen molar-refractivity contribution in [3.8, 4) is 5.75 Å². The van der Waals surface area contributed by atoms with Crippen molar-refractivity contribution in [1.29, 1.82) is 0 Å². The van der Waals surface area contributed by atoms with Gasteiger partial charge in [-0.2, -0.15) is 0 Å². The first kappa shape index (κ1) is 12.4. The summed E-state index contributed by atoms with van der Waals surface area (Å²) in [4.78, 5) is 22.5. The Morgan fingerprint density at radius 2 is 1.79 bits per heavy atom. The summed E-state index contributed by atoms with van der Waals surface area (Å²) in [6.45, 7) is 0. The predicted octanol–water partition coefficient (Wildman–Crippen LogP) is 3.46. The second-order valence-corrected chi connectivity index (χ2v) is 5.33. The van der Waals surface area contributed by atoms with Gasteiger partial charge in [-0.1, -0.05) is 0 Å². The van der Waals surface area contributed by atoms with Gasteiger partial charge >= 0.3 is 120 Å². The number of carbonyl (C=O) groups is 1. The topological polar surface area (TPSA) is 43.4 Å². The molecule has 1 heterocycles. The molecule has 0 aliphatic rings. The van der Waals surface area contributed by atoms with Gasteiger partial charge in [0.05, 0.1) is 0 Å². The molecule has 0 spiro atoms. The summed E-state index contributed by atoms with van der Waals surface area (Å²) in [7, 11) is 0. The van der Waals surface area contributed by atoms with E-state index in [1.807, 2.05) is 24.3 Å². The van der Waals surface area contributed by atoms with Crippen LogP contribution >= 0.6 is 11.3 Å². The van der Waals surface area contributed by atoms with Crippen molar-refractivity contribution in [1.82, 2.24) is 0 Å². The van der Waals surface area contributed by atoms with E-state index in [2.05, 4.69) is 16.0 Å². The molecule has 0 bridgehead atoms. The number of benzene rings is 2. The fourth-order valence-corrected chi connectivity index (χ4v) is 3.18. The summed E-state index contributed by atoms with van der Waals surface area (Å²) in [6.07, 6.45) is 0. The van der Waals surface area contributed by atoms with E-state index in [0.29, 0.717) is 10.8 Å². The first-order valence-electron chi connectivity index (χ1n) is 5.45. The first-order valence-corrected chi connectivity index (χ1v) is 6.73. The Labute approximate surface area is 120 Å². The van der Waals surface area contributed by atoms with Gasteiger partial charge < -0.3 is 0 Å². The van der Waals surface area contributed by atoms with E-state index in [1.165, 1.54) is 11.3 Å². The van der Waals surface area contributed by atoms with Gasteiger partial charge in [-0.15, -0.1) is 0 Å². The van der Waals surface area contributed by atoms with Gasteiger partial charge in [0, 0.05) is 0 Å². The van der Waals surface area contributed by atoms with Crippen LogP contribution in [0.2, 0.25) is 0 Å². The van der Waals surface area contributed by atoms with Crippen molar-refractivity contribution in [2.24, 2.45) is 0 Å². The maximum atomic E-state index is 12.5. The third-order valence-electron chi connectivity index (χ3n) is 2.75. The van der Waals surface area contributed by atoms with Crippen LogP contribution in [0.5, 0.6) is 5.75 Å². The Bertz CT molecular complexity index is 854. The molecule has 0 saturated carbocycles. The standard InChI is InChI=1S/C14H7O3S.Cu/c15-8-17-10-5-3-7-12-13(10)14(16)9-4-1-2-6-11(9)18-12;/h1-7H;. The van der Waals surface area contributed by atoms with E-state index in [9.17, 15) is 9.59 Å². The van der Waals surface area contributed by atoms with Crippen molar-refractivity contribution < 1.29 is 25.5 Å². The van der Waals surface area contributed by atoms with Crippen LogP contribution in [0.3, 0.4) is 0 Å². The summed E-state index contributed by atoms with van der Waals surface area (Å²) >= 11 is 6.04. The summed E-state index contributed by atoms with van der Waals surface area (Å²) < 4.78 is 6.61. The van der Waals surface area contributed by atoms with Crippen LogP contribution in [0.25, 0.3) is 20.2 Å². The van der Waals surface area contributed by atoms with E-state index < -0.39 is 4.87 Å². The molecule has 0 fully saturated rings. The molecule has 0 N–H and O–H groups in total. The van der Waals surface area contributed by atoms with E-state index >= 15 is 0 Å². The molecule has 3 aromatic rings. The second-order valence-electron chi connectivity index (χ2n) is 3.87. The molecule has 2 aromatic carbocycles. The van der Waals surface area contributed by atoms with Gasteiger partial charge in [-0.05, 0) is 0 Å². The van der Waals surface area contributed by atoms with Gasteiger partial charge in [0.15, 0.2) is 0 Å². The van der Waals surface area contributed by atoms with Crippen LogP contribution in [0.4, 0.5) is 4.79 Å². The van der Waals surface area contributed by atoms with E-state index in [1.54, 1.807) is 18.2 Å². The molecule has 0 unspecified atom stereocenters. The number of ether oxygens (including phenoxy) is 1. The zero-order valence-corrected chi connectivity index (χ0v) is 11.2. The summed E-state index contributed by atoms with van der Waals surface area (Å²) in [5.74, 6) is 0.221. The minimum atomic E-state index is -0.863. The van der Waals surface area contributed by atoms with Gasteiger partial charge in [0.25, 0.3) is 0 Å². The first-order chi connectivity index (χ1) is 9.16. The monoisotopic (exact) mass is 318 g/mol. The Balaban J connectivity index is 2.45. The zero-order chi connectivity index (χ0) is 13.4. The zero-order valence-electron chi connectivity index (χ0n) is 9.48. The van der Waals surface area contributed by atoms with Crippen LogP contribution < -0.4 is 10.2 Å². The van der Waals surface area contributed by atoms with Crippen molar-refractivity contribution in [2.75, 3.05) is 0 Å². The van der Waals surface area contributed by atoms with Gasteiger partial charge in [0.1, 0.15) is 0 Å². The maximum absolute atomic E-state index is 12.5. The van der Waals surface area contributed by atoms with Gasteiger partial charge in [0.2, 0.25) is 0 Å². The average molecular weight is 319 g/mol. The van der Waals surface area contributed by atoms with Crippen LogP contribution in [0.1, 0.15) is 0 Å². The molecule has 3 rings (SSSR count). The van der Waals surface area contributed by atoms with Crippen molar-refractivity contribution >= 4 is 36.4 Å². The normalized spacial score (nSPS) is 10.8. The number of carbonyl (C=O) groups excluding carboxylic acids is 1. The number of hydrogen-bond acceptors (Lipinski definition) is 4. The Morgan fingerprint density at radius 3 is 2.58 bits per heavy atom. The van der Waals surface area contributed by atoms with Crippen LogP contribution in [0, 0.1) is 0 Å². The molecule has 0 amide bonds. The molecular weight excluding hydrogens is 312 g/mol. The molecule has 3 nitrogen and oxygen atoms in total. The van der Waals surface area contributed by atoms with Gasteiger partial charge in [-0.25, -0.2) is 0 Å². The number of rotatable bonds is 1. The molecule has 0 radical (unpaired) electrons. The van der Waals surface area contributed by atoms with E-state index in [0.717, 1.165) is 9.40 Å². The van der Waals surface area contributed by atoms with Crippen LogP contribution in [0.15, 0.2) is 47.3 Å². The van der Waals surface area contributed by atoms with E-state index in [-0.39, 0.29) is 11.2 Å². The summed E-state index contributed by atoms with van der Waals surface area (Å²) in [6, 6.07) is 12.5. The third kappa shape index (κ3) is 2.16. The molecule has 0 aliphatic heterocycles.